The molecule has 6 nitrogen and oxygen atoms in total. The van der Waals surface area contributed by atoms with Crippen LogP contribution in [-0.2, 0) is 9.59 Å². The van der Waals surface area contributed by atoms with Crippen molar-refractivity contribution >= 4 is 33.9 Å². The van der Waals surface area contributed by atoms with Gasteiger partial charge >= 0.3 is 5.91 Å². The van der Waals surface area contributed by atoms with E-state index >= 15 is 0 Å². The zero-order valence-electron chi connectivity index (χ0n) is 15.0. The lowest BCUT2D eigenvalue weighted by atomic mass is 9.95. The summed E-state index contributed by atoms with van der Waals surface area (Å²) >= 11 is 1.06. The van der Waals surface area contributed by atoms with E-state index in [1.54, 1.807) is 13.0 Å². The summed E-state index contributed by atoms with van der Waals surface area (Å²) in [5, 5.41) is 19.2. The number of benzene rings is 2. The molecule has 1 saturated heterocycles. The summed E-state index contributed by atoms with van der Waals surface area (Å²) in [7, 11) is 0. The fourth-order valence-corrected chi connectivity index (χ4v) is 3.88. The summed E-state index contributed by atoms with van der Waals surface area (Å²) in [5.41, 5.74) is -0.165. The van der Waals surface area contributed by atoms with Gasteiger partial charge in [-0.05, 0) is 37.3 Å². The van der Waals surface area contributed by atoms with Crippen molar-refractivity contribution in [3.05, 3.63) is 81.9 Å². The highest BCUT2D eigenvalue weighted by molar-refractivity contribution is 7.15. The van der Waals surface area contributed by atoms with Crippen LogP contribution in [0.5, 0.6) is 0 Å². The van der Waals surface area contributed by atoms with Crippen molar-refractivity contribution in [2.24, 2.45) is 0 Å². The van der Waals surface area contributed by atoms with Crippen LogP contribution in [0.4, 0.5) is 13.9 Å². The molecule has 3 aromatic rings. The molecular formula is C20H13F2N3O3S. The normalized spacial score (nSPS) is 18.4. The van der Waals surface area contributed by atoms with Crippen molar-refractivity contribution in [2.45, 2.75) is 13.0 Å². The molecule has 9 heteroatoms. The van der Waals surface area contributed by atoms with Gasteiger partial charge in [0.1, 0.15) is 28.4 Å². The molecule has 146 valence electrons. The summed E-state index contributed by atoms with van der Waals surface area (Å²) < 4.78 is 27.9. The van der Waals surface area contributed by atoms with Crippen LogP contribution >= 0.6 is 11.3 Å². The molecule has 1 N–H and O–H groups in total. The Morgan fingerprint density at radius 1 is 1.07 bits per heavy atom. The first-order valence-electron chi connectivity index (χ1n) is 8.50. The topological polar surface area (TPSA) is 83.4 Å². The molecule has 1 amide bonds. The third-order valence-electron chi connectivity index (χ3n) is 4.48. The molecule has 0 aliphatic carbocycles. The number of halogens is 2. The molecule has 1 aromatic heterocycles. The molecule has 1 fully saturated rings. The third-order valence-corrected chi connectivity index (χ3v) is 5.32. The van der Waals surface area contributed by atoms with Gasteiger partial charge in [-0.25, -0.2) is 8.78 Å². The number of anilines is 1. The van der Waals surface area contributed by atoms with Gasteiger partial charge in [0.05, 0.1) is 5.57 Å². The van der Waals surface area contributed by atoms with Gasteiger partial charge in [0.15, 0.2) is 0 Å². The number of amides is 1. The van der Waals surface area contributed by atoms with E-state index in [4.69, 9.17) is 0 Å². The number of hydrogen-bond donors (Lipinski definition) is 1. The monoisotopic (exact) mass is 413 g/mol. The average Bonchev–Trinajstić information content (AvgIpc) is 3.23. The molecule has 0 unspecified atom stereocenters. The largest absolute Gasteiger partial charge is 0.507 e. The van der Waals surface area contributed by atoms with Crippen LogP contribution < -0.4 is 4.90 Å². The number of rotatable bonds is 3. The highest BCUT2D eigenvalue weighted by Crippen LogP contribution is 2.43. The zero-order chi connectivity index (χ0) is 20.7. The van der Waals surface area contributed by atoms with Gasteiger partial charge in [-0.2, -0.15) is 0 Å². The Morgan fingerprint density at radius 3 is 2.38 bits per heavy atom. The molecule has 0 radical (unpaired) electrons. The Morgan fingerprint density at radius 2 is 1.76 bits per heavy atom. The van der Waals surface area contributed by atoms with Crippen LogP contribution in [0, 0.1) is 18.6 Å². The molecule has 0 saturated carbocycles. The third kappa shape index (κ3) is 3.19. The van der Waals surface area contributed by atoms with Crippen molar-refractivity contribution in [1.29, 1.82) is 0 Å². The number of carbonyl (C=O) groups is 2. The van der Waals surface area contributed by atoms with E-state index in [0.29, 0.717) is 5.01 Å². The lowest BCUT2D eigenvalue weighted by molar-refractivity contribution is -0.132. The standard InChI is InChI=1S/C20H13F2N3O3S/c1-10-23-24-20(29-10)25-16(13-4-2-3-5-14(13)22)15(18(27)19(25)28)17(26)11-6-8-12(21)9-7-11/h2-9,16,26H,1H3/t16-/m1/s1. The Bertz CT molecular complexity index is 1160. The minimum Gasteiger partial charge on any atom is -0.507 e. The Balaban J connectivity index is 1.97. The average molecular weight is 413 g/mol. The molecule has 1 atom stereocenters. The molecule has 1 aliphatic rings. The molecule has 2 heterocycles. The number of aromatic nitrogens is 2. The van der Waals surface area contributed by atoms with E-state index in [-0.39, 0.29) is 21.8 Å². The van der Waals surface area contributed by atoms with Crippen LogP contribution in [0.25, 0.3) is 5.76 Å². The maximum Gasteiger partial charge on any atom is 0.301 e. The van der Waals surface area contributed by atoms with Gasteiger partial charge in [0.25, 0.3) is 5.78 Å². The van der Waals surface area contributed by atoms with Crippen molar-refractivity contribution in [2.75, 3.05) is 4.90 Å². The van der Waals surface area contributed by atoms with E-state index < -0.39 is 35.1 Å². The van der Waals surface area contributed by atoms with Crippen molar-refractivity contribution < 1.29 is 23.5 Å². The number of carbonyl (C=O) groups excluding carboxylic acids is 2. The number of aliphatic hydroxyl groups is 1. The highest BCUT2D eigenvalue weighted by Gasteiger charge is 2.49. The van der Waals surface area contributed by atoms with E-state index in [1.807, 2.05) is 0 Å². The minimum absolute atomic E-state index is 0.0169. The zero-order valence-corrected chi connectivity index (χ0v) is 15.8. The second kappa shape index (κ2) is 7.17. The van der Waals surface area contributed by atoms with Gasteiger partial charge in [-0.1, -0.05) is 29.5 Å². The first-order valence-corrected chi connectivity index (χ1v) is 9.31. The Kier molecular flexibility index (Phi) is 4.67. The second-order valence-corrected chi connectivity index (χ2v) is 7.46. The maximum atomic E-state index is 14.6. The van der Waals surface area contributed by atoms with Gasteiger partial charge in [0.2, 0.25) is 5.13 Å². The number of Topliss-reactive ketones (excluding diaryl/α,β-unsaturated/α-hetero) is 1. The number of aliphatic hydroxyl groups excluding tert-OH is 1. The molecular weight excluding hydrogens is 400 g/mol. The Hall–Kier alpha value is -3.46. The number of hydrogen-bond acceptors (Lipinski definition) is 6. The van der Waals surface area contributed by atoms with Crippen LogP contribution in [0.1, 0.15) is 22.2 Å². The van der Waals surface area contributed by atoms with E-state index in [9.17, 15) is 23.5 Å². The van der Waals surface area contributed by atoms with Gasteiger partial charge in [-0.15, -0.1) is 10.2 Å². The van der Waals surface area contributed by atoms with E-state index in [0.717, 1.165) is 28.4 Å². The number of aryl methyl sites for hydroxylation is 1. The van der Waals surface area contributed by atoms with Gasteiger partial charge in [-0.3, -0.25) is 14.5 Å². The first-order chi connectivity index (χ1) is 13.9. The highest BCUT2D eigenvalue weighted by atomic mass is 32.1. The van der Waals surface area contributed by atoms with Crippen LogP contribution in [0.2, 0.25) is 0 Å². The predicted octanol–water partition coefficient (Wildman–Crippen LogP) is 3.75. The fourth-order valence-electron chi connectivity index (χ4n) is 3.17. The van der Waals surface area contributed by atoms with Crippen molar-refractivity contribution in [1.82, 2.24) is 10.2 Å². The smallest absolute Gasteiger partial charge is 0.301 e. The van der Waals surface area contributed by atoms with Gasteiger partial charge in [0, 0.05) is 11.1 Å². The van der Waals surface area contributed by atoms with Gasteiger partial charge < -0.3 is 5.11 Å². The minimum atomic E-state index is -1.24. The summed E-state index contributed by atoms with van der Waals surface area (Å²) in [5.74, 6) is -3.67. The maximum absolute atomic E-state index is 14.6. The second-order valence-electron chi connectivity index (χ2n) is 6.30. The Labute approximate surface area is 167 Å². The van der Waals surface area contributed by atoms with Crippen LogP contribution in [-0.4, -0.2) is 27.0 Å². The quantitative estimate of drug-likeness (QED) is 0.402. The summed E-state index contributed by atoms with van der Waals surface area (Å²) in [6.45, 7) is 1.67. The molecule has 0 spiro atoms. The summed E-state index contributed by atoms with van der Waals surface area (Å²) in [6, 6.07) is 9.16. The van der Waals surface area contributed by atoms with Crippen LogP contribution in [0.15, 0.2) is 54.1 Å². The SMILES string of the molecule is Cc1nnc(N2C(=O)C(=O)C(=C(O)c3ccc(F)cc3)[C@H]2c2ccccc2F)s1. The predicted molar refractivity (Wildman–Crippen MR) is 102 cm³/mol. The van der Waals surface area contributed by atoms with E-state index in [2.05, 4.69) is 10.2 Å². The van der Waals surface area contributed by atoms with Crippen LogP contribution in [0.3, 0.4) is 0 Å². The van der Waals surface area contributed by atoms with Crippen molar-refractivity contribution in [3.8, 4) is 0 Å². The molecule has 0 bridgehead atoms. The lowest BCUT2D eigenvalue weighted by Crippen LogP contribution is -2.29. The van der Waals surface area contributed by atoms with E-state index in [1.165, 1.54) is 30.3 Å². The molecule has 2 aromatic carbocycles. The summed E-state index contributed by atoms with van der Waals surface area (Å²) in [4.78, 5) is 26.6. The number of ketones is 1. The molecule has 29 heavy (non-hydrogen) atoms. The molecule has 1 aliphatic heterocycles. The summed E-state index contributed by atoms with van der Waals surface area (Å²) in [6.07, 6.45) is 0. The first kappa shape index (κ1) is 18.9. The fraction of sp³-hybridized carbons (Fsp3) is 0.100. The number of nitrogens with zero attached hydrogens (tertiary/aromatic N) is 3. The van der Waals surface area contributed by atoms with Crippen molar-refractivity contribution in [3.63, 3.8) is 0 Å². The lowest BCUT2D eigenvalue weighted by Gasteiger charge is -2.22. The molecule has 4 rings (SSSR count).